The van der Waals surface area contributed by atoms with Gasteiger partial charge in [-0.05, 0) is 0 Å². The van der Waals surface area contributed by atoms with Crippen molar-refractivity contribution in [1.82, 2.24) is 0 Å². The van der Waals surface area contributed by atoms with Crippen molar-refractivity contribution >= 4 is 33.3 Å². The Balaban J connectivity index is -0.0000000533. The van der Waals surface area contributed by atoms with Crippen LogP contribution in [0.5, 0.6) is 0 Å². The summed E-state index contributed by atoms with van der Waals surface area (Å²) in [7, 11) is -7.44. The molecule has 0 aliphatic carbocycles. The third-order valence-corrected chi connectivity index (χ3v) is 0. The zero-order valence-electron chi connectivity index (χ0n) is 16.1. The Hall–Kier alpha value is 1.59. The largest absolute Gasteiger partial charge is 4.00 e. The second-order valence-corrected chi connectivity index (χ2v) is 25.3. The number of rotatable bonds is 0. The summed E-state index contributed by atoms with van der Waals surface area (Å²) in [5.41, 5.74) is 0. The average Bonchev–Trinajstić information content (AvgIpc) is 1.62. The topological polar surface area (TPSA) is 92.2 Å². The maximum absolute atomic E-state index is 10.2. The van der Waals surface area contributed by atoms with Crippen LogP contribution in [0.1, 0.15) is 0 Å². The van der Waals surface area contributed by atoms with Gasteiger partial charge in [0.2, 0.25) is 0 Å². The molecule has 0 amide bonds. The van der Waals surface area contributed by atoms with Gasteiger partial charge in [0.05, 0.1) is 0 Å². The fourth-order valence-electron chi connectivity index (χ4n) is 0. The van der Waals surface area contributed by atoms with Crippen LogP contribution in [-0.4, -0.2) is 33.3 Å². The molecule has 0 unspecified atom stereocenters. The summed E-state index contributed by atoms with van der Waals surface area (Å²) in [6.45, 7) is 21.2. The first kappa shape index (κ1) is 34.0. The summed E-state index contributed by atoms with van der Waals surface area (Å²) < 4.78 is 0. The van der Waals surface area contributed by atoms with Gasteiger partial charge in [-0.15, -0.1) is 0 Å². The van der Waals surface area contributed by atoms with Crippen molar-refractivity contribution in [1.29, 1.82) is 0 Å². The molecule has 0 aliphatic rings. The predicted molar refractivity (Wildman–Crippen MR) is 93.4 cm³/mol. The van der Waals surface area contributed by atoms with Crippen molar-refractivity contribution in [3.05, 3.63) is 0 Å². The summed E-state index contributed by atoms with van der Waals surface area (Å²) in [4.78, 5) is 41.0. The summed E-state index contributed by atoms with van der Waals surface area (Å²) >= 11 is 0. The van der Waals surface area contributed by atoms with E-state index in [9.17, 15) is 19.2 Å². The quantitative estimate of drug-likeness (QED) is 0.511. The van der Waals surface area contributed by atoms with Gasteiger partial charge in [0.1, 0.15) is 0 Å². The molecule has 0 heterocycles. The first-order valence-electron chi connectivity index (χ1n) is 6.82. The van der Waals surface area contributed by atoms with E-state index in [0.717, 1.165) is 0 Å². The molecular formula is C12H36O4Si4Zr. The zero-order chi connectivity index (χ0) is 18.0. The van der Waals surface area contributed by atoms with Crippen LogP contribution < -0.4 is 19.2 Å². The summed E-state index contributed by atoms with van der Waals surface area (Å²) in [5, 5.41) is 0. The minimum Gasteiger partial charge on any atom is -0.859 e. The minimum atomic E-state index is -1.86. The third kappa shape index (κ3) is 3280. The van der Waals surface area contributed by atoms with Crippen molar-refractivity contribution in [2.45, 2.75) is 78.6 Å². The van der Waals surface area contributed by atoms with Crippen molar-refractivity contribution < 1.29 is 45.4 Å². The first-order valence-corrected chi connectivity index (χ1v) is 20.4. The van der Waals surface area contributed by atoms with E-state index in [1.54, 1.807) is 78.6 Å². The van der Waals surface area contributed by atoms with Gasteiger partial charge in [0.15, 0.2) is 0 Å². The van der Waals surface area contributed by atoms with Gasteiger partial charge in [-0.1, -0.05) is 112 Å². The summed E-state index contributed by atoms with van der Waals surface area (Å²) in [6.07, 6.45) is 0. The van der Waals surface area contributed by atoms with Gasteiger partial charge >= 0.3 is 26.2 Å². The normalized spacial score (nSPS) is 11.4. The molecule has 4 nitrogen and oxygen atoms in total. The predicted octanol–water partition coefficient (Wildman–Crippen LogP) is 0.724. The fraction of sp³-hybridized carbons (Fsp3) is 1.00. The Bertz CT molecular complexity index is 143. The van der Waals surface area contributed by atoms with E-state index in [1.165, 1.54) is 0 Å². The molecule has 128 valence electrons. The molecule has 0 atom stereocenters. The Kier molecular flexibility index (Phi) is 22.7. The molecule has 9 heteroatoms. The maximum atomic E-state index is 10.2. The van der Waals surface area contributed by atoms with Gasteiger partial charge in [-0.3, -0.25) is 0 Å². The van der Waals surface area contributed by atoms with E-state index in [0.29, 0.717) is 0 Å². The average molecular weight is 448 g/mol. The van der Waals surface area contributed by atoms with Gasteiger partial charge in [0.25, 0.3) is 0 Å². The van der Waals surface area contributed by atoms with Crippen LogP contribution in [-0.2, 0) is 26.2 Å². The second-order valence-electron chi connectivity index (χ2n) is 8.45. The van der Waals surface area contributed by atoms with Crippen LogP contribution in [0.15, 0.2) is 0 Å². The third-order valence-electron chi connectivity index (χ3n) is 0. The van der Waals surface area contributed by atoms with Crippen LogP contribution >= 0.6 is 0 Å². The first-order chi connectivity index (χ1) is 8.00. The molecule has 0 aromatic rings. The van der Waals surface area contributed by atoms with E-state index >= 15 is 0 Å². The van der Waals surface area contributed by atoms with Crippen molar-refractivity contribution in [2.24, 2.45) is 0 Å². The van der Waals surface area contributed by atoms with E-state index in [4.69, 9.17) is 0 Å². The van der Waals surface area contributed by atoms with Crippen LogP contribution in [0.4, 0.5) is 0 Å². The smallest absolute Gasteiger partial charge is 0.859 e. The van der Waals surface area contributed by atoms with Gasteiger partial charge in [-0.25, -0.2) is 0 Å². The van der Waals surface area contributed by atoms with Gasteiger partial charge in [0, 0.05) is 0 Å². The molecule has 0 rings (SSSR count). The molecule has 0 aromatic heterocycles. The minimum absolute atomic E-state index is 0. The van der Waals surface area contributed by atoms with E-state index < -0.39 is 33.3 Å². The Labute approximate surface area is 156 Å². The van der Waals surface area contributed by atoms with Crippen molar-refractivity contribution in [3.8, 4) is 0 Å². The van der Waals surface area contributed by atoms with E-state index in [2.05, 4.69) is 0 Å². The van der Waals surface area contributed by atoms with Crippen LogP contribution in [0.3, 0.4) is 0 Å². The molecule has 0 aliphatic heterocycles. The second kappa shape index (κ2) is 14.0. The molecule has 21 heavy (non-hydrogen) atoms. The fourth-order valence-corrected chi connectivity index (χ4v) is 0. The monoisotopic (exact) mass is 446 g/mol. The zero-order valence-corrected chi connectivity index (χ0v) is 22.6. The summed E-state index contributed by atoms with van der Waals surface area (Å²) in [5.74, 6) is 0. The van der Waals surface area contributed by atoms with E-state index in [1.807, 2.05) is 0 Å². The molecule has 0 fully saturated rings. The molecule has 0 saturated carbocycles. The number of hydrogen-bond acceptors (Lipinski definition) is 4. The Morgan fingerprint density at radius 2 is 0.333 bits per heavy atom. The standard InChI is InChI=1S/4C3H9OSi.Zr/c4*1-5(2,3)4;/h4*1-3H3;/q4*-1;+4. The molecule has 0 aromatic carbocycles. The number of hydrogen-bond donors (Lipinski definition) is 0. The van der Waals surface area contributed by atoms with Crippen molar-refractivity contribution in [3.63, 3.8) is 0 Å². The molecule has 0 N–H and O–H groups in total. The SMILES string of the molecule is C[Si](C)(C)[O-].C[Si](C)(C)[O-].C[Si](C)(C)[O-].C[Si](C)(C)[O-].[Zr+4]. The van der Waals surface area contributed by atoms with Gasteiger partial charge < -0.3 is 19.2 Å². The molecular weight excluding hydrogens is 412 g/mol. The molecule has 0 spiro atoms. The Morgan fingerprint density at radius 3 is 0.333 bits per heavy atom. The molecule has 0 saturated heterocycles. The Morgan fingerprint density at radius 1 is 0.333 bits per heavy atom. The van der Waals surface area contributed by atoms with Crippen LogP contribution in [0.25, 0.3) is 0 Å². The van der Waals surface area contributed by atoms with Crippen LogP contribution in [0.2, 0.25) is 78.6 Å². The summed E-state index contributed by atoms with van der Waals surface area (Å²) in [6, 6.07) is 0. The molecule has 0 bridgehead atoms. The molecule has 0 radical (unpaired) electrons. The van der Waals surface area contributed by atoms with Gasteiger partial charge in [-0.2, -0.15) is 0 Å². The maximum Gasteiger partial charge on any atom is 4.00 e. The van der Waals surface area contributed by atoms with Crippen LogP contribution in [0, 0.1) is 0 Å². The van der Waals surface area contributed by atoms with E-state index in [-0.39, 0.29) is 26.2 Å². The van der Waals surface area contributed by atoms with Crippen molar-refractivity contribution in [2.75, 3.05) is 0 Å².